The van der Waals surface area contributed by atoms with Crippen LogP contribution in [0.5, 0.6) is 0 Å². The van der Waals surface area contributed by atoms with Crippen LogP contribution in [0.4, 0.5) is 4.79 Å². The minimum Gasteiger partial charge on any atom is -0.444 e. The molecule has 2 atom stereocenters. The van der Waals surface area contributed by atoms with E-state index in [2.05, 4.69) is 17.3 Å². The van der Waals surface area contributed by atoms with Crippen molar-refractivity contribution < 1.29 is 9.53 Å². The van der Waals surface area contributed by atoms with E-state index in [4.69, 9.17) is 10.5 Å². The monoisotopic (exact) mass is 257 g/mol. The zero-order valence-corrected chi connectivity index (χ0v) is 12.0. The Kier molecular flexibility index (Phi) is 5.41. The fourth-order valence-electron chi connectivity index (χ4n) is 2.10. The maximum absolute atomic E-state index is 11.6. The summed E-state index contributed by atoms with van der Waals surface area (Å²) in [6.45, 7) is 8.25. The Morgan fingerprint density at radius 3 is 2.61 bits per heavy atom. The third-order valence-electron chi connectivity index (χ3n) is 3.24. The molecule has 1 rings (SSSR count). The third-order valence-corrected chi connectivity index (χ3v) is 3.24. The van der Waals surface area contributed by atoms with Crippen molar-refractivity contribution in [1.29, 1.82) is 0 Å². The van der Waals surface area contributed by atoms with E-state index >= 15 is 0 Å². The number of carbonyl (C=O) groups is 1. The van der Waals surface area contributed by atoms with Crippen LogP contribution in [-0.4, -0.2) is 49.3 Å². The van der Waals surface area contributed by atoms with Crippen LogP contribution in [0.25, 0.3) is 0 Å². The van der Waals surface area contributed by atoms with Gasteiger partial charge in [0.2, 0.25) is 0 Å². The molecule has 1 saturated heterocycles. The van der Waals surface area contributed by atoms with E-state index in [1.807, 2.05) is 20.8 Å². The normalized spacial score (nSPS) is 26.5. The molecule has 0 bridgehead atoms. The molecule has 0 aromatic heterocycles. The fourth-order valence-corrected chi connectivity index (χ4v) is 2.10. The average molecular weight is 257 g/mol. The quantitative estimate of drug-likeness (QED) is 0.779. The third kappa shape index (κ3) is 5.69. The Labute approximate surface area is 110 Å². The number of nitrogens with one attached hydrogen (secondary N) is 1. The zero-order valence-electron chi connectivity index (χ0n) is 12.0. The van der Waals surface area contributed by atoms with Gasteiger partial charge in [0.1, 0.15) is 5.60 Å². The molecule has 0 aliphatic carbocycles. The predicted octanol–water partition coefficient (Wildman–Crippen LogP) is 1.18. The van der Waals surface area contributed by atoms with Crippen LogP contribution in [0, 0.1) is 5.92 Å². The van der Waals surface area contributed by atoms with Gasteiger partial charge in [0, 0.05) is 12.6 Å². The van der Waals surface area contributed by atoms with Gasteiger partial charge >= 0.3 is 6.09 Å². The molecule has 0 aromatic carbocycles. The van der Waals surface area contributed by atoms with Crippen molar-refractivity contribution in [1.82, 2.24) is 10.2 Å². The number of likely N-dealkylation sites (tertiary alicyclic amines) is 1. The van der Waals surface area contributed by atoms with Gasteiger partial charge in [0.15, 0.2) is 0 Å². The predicted molar refractivity (Wildman–Crippen MR) is 72.4 cm³/mol. The molecular weight excluding hydrogens is 230 g/mol. The first-order valence-corrected chi connectivity index (χ1v) is 6.69. The van der Waals surface area contributed by atoms with Gasteiger partial charge in [0.05, 0.1) is 0 Å². The lowest BCUT2D eigenvalue weighted by molar-refractivity contribution is 0.0516. The molecule has 1 aliphatic rings. The summed E-state index contributed by atoms with van der Waals surface area (Å²) in [5.41, 5.74) is 5.69. The second kappa shape index (κ2) is 6.38. The van der Waals surface area contributed by atoms with Gasteiger partial charge in [-0.1, -0.05) is 0 Å². The van der Waals surface area contributed by atoms with Crippen molar-refractivity contribution in [3.8, 4) is 0 Å². The number of hydrogen-bond acceptors (Lipinski definition) is 4. The summed E-state index contributed by atoms with van der Waals surface area (Å²) in [6, 6.07) is 0.157. The van der Waals surface area contributed by atoms with E-state index in [-0.39, 0.29) is 12.1 Å². The van der Waals surface area contributed by atoms with E-state index in [1.54, 1.807) is 0 Å². The average Bonchev–Trinajstić information content (AvgIpc) is 2.37. The molecule has 0 spiro atoms. The second-order valence-corrected chi connectivity index (χ2v) is 6.19. The number of amides is 1. The van der Waals surface area contributed by atoms with Gasteiger partial charge in [-0.05, 0) is 59.7 Å². The van der Waals surface area contributed by atoms with Crippen LogP contribution in [0.15, 0.2) is 0 Å². The molecule has 5 heteroatoms. The minimum atomic E-state index is -0.449. The van der Waals surface area contributed by atoms with E-state index in [0.717, 1.165) is 25.9 Å². The van der Waals surface area contributed by atoms with Crippen molar-refractivity contribution in [2.24, 2.45) is 11.7 Å². The Bertz CT molecular complexity index is 276. The smallest absolute Gasteiger partial charge is 0.407 e. The lowest BCUT2D eigenvalue weighted by Crippen LogP contribution is -2.41. The Balaban J connectivity index is 2.35. The zero-order chi connectivity index (χ0) is 13.8. The molecule has 1 aliphatic heterocycles. The van der Waals surface area contributed by atoms with E-state index in [1.165, 1.54) is 0 Å². The lowest BCUT2D eigenvalue weighted by Gasteiger charge is -2.23. The maximum atomic E-state index is 11.6. The highest BCUT2D eigenvalue weighted by Gasteiger charge is 2.23. The standard InChI is InChI=1S/C13H27N3O2/c1-13(2,3)18-12(17)15-9-10-5-7-16(4)8-6-11(10)14/h10-11H,5-9,14H2,1-4H3,(H,15,17)/t10-,11-/m0/s1. The summed E-state index contributed by atoms with van der Waals surface area (Å²) in [4.78, 5) is 13.9. The van der Waals surface area contributed by atoms with Crippen LogP contribution < -0.4 is 11.1 Å². The van der Waals surface area contributed by atoms with Crippen molar-refractivity contribution in [3.05, 3.63) is 0 Å². The molecule has 106 valence electrons. The van der Waals surface area contributed by atoms with Gasteiger partial charge in [-0.3, -0.25) is 0 Å². The first kappa shape index (κ1) is 15.2. The number of nitrogens with zero attached hydrogens (tertiary/aromatic N) is 1. The molecule has 1 fully saturated rings. The van der Waals surface area contributed by atoms with E-state index < -0.39 is 5.60 Å². The van der Waals surface area contributed by atoms with Gasteiger partial charge in [-0.15, -0.1) is 0 Å². The molecule has 0 radical (unpaired) electrons. The highest BCUT2D eigenvalue weighted by molar-refractivity contribution is 5.67. The molecule has 3 N–H and O–H groups in total. The maximum Gasteiger partial charge on any atom is 0.407 e. The van der Waals surface area contributed by atoms with Crippen LogP contribution in [0.1, 0.15) is 33.6 Å². The summed E-state index contributed by atoms with van der Waals surface area (Å²) >= 11 is 0. The highest BCUT2D eigenvalue weighted by Crippen LogP contribution is 2.15. The summed E-state index contributed by atoms with van der Waals surface area (Å²) in [5.74, 6) is 0.336. The van der Waals surface area contributed by atoms with Gasteiger partial charge in [-0.25, -0.2) is 4.79 Å². The van der Waals surface area contributed by atoms with Crippen molar-refractivity contribution in [2.75, 3.05) is 26.7 Å². The molecule has 1 heterocycles. The van der Waals surface area contributed by atoms with E-state index in [9.17, 15) is 4.79 Å². The summed E-state index contributed by atoms with van der Waals surface area (Å²) in [6.07, 6.45) is 1.65. The molecule has 18 heavy (non-hydrogen) atoms. The van der Waals surface area contributed by atoms with Crippen molar-refractivity contribution in [2.45, 2.75) is 45.3 Å². The van der Waals surface area contributed by atoms with Crippen LogP contribution >= 0.6 is 0 Å². The first-order chi connectivity index (χ1) is 8.28. The van der Waals surface area contributed by atoms with Crippen LogP contribution in [-0.2, 0) is 4.74 Å². The summed E-state index contributed by atoms with van der Waals surface area (Å²) < 4.78 is 5.22. The SMILES string of the molecule is CN1CC[C@@H](CNC(=O)OC(C)(C)C)[C@@H](N)CC1. The number of alkyl carbamates (subject to hydrolysis) is 1. The number of hydrogen-bond donors (Lipinski definition) is 2. The molecule has 1 amide bonds. The Hall–Kier alpha value is -0.810. The summed E-state index contributed by atoms with van der Waals surface area (Å²) in [5, 5.41) is 2.82. The largest absolute Gasteiger partial charge is 0.444 e. The van der Waals surface area contributed by atoms with Gasteiger partial charge in [0.25, 0.3) is 0 Å². The highest BCUT2D eigenvalue weighted by atomic mass is 16.6. The van der Waals surface area contributed by atoms with E-state index in [0.29, 0.717) is 12.5 Å². The molecule has 0 unspecified atom stereocenters. The molecule has 5 nitrogen and oxygen atoms in total. The molecular formula is C13H27N3O2. The Morgan fingerprint density at radius 1 is 1.39 bits per heavy atom. The molecule has 0 aromatic rings. The van der Waals surface area contributed by atoms with Gasteiger partial charge < -0.3 is 20.7 Å². The fraction of sp³-hybridized carbons (Fsp3) is 0.923. The second-order valence-electron chi connectivity index (χ2n) is 6.19. The van der Waals surface area contributed by atoms with Crippen LogP contribution in [0.3, 0.4) is 0 Å². The minimum absolute atomic E-state index is 0.157. The van der Waals surface area contributed by atoms with Crippen LogP contribution in [0.2, 0.25) is 0 Å². The number of nitrogens with two attached hydrogens (primary N) is 1. The topological polar surface area (TPSA) is 67.6 Å². The molecule has 0 saturated carbocycles. The number of ether oxygens (including phenoxy) is 1. The number of rotatable bonds is 2. The van der Waals surface area contributed by atoms with Crippen molar-refractivity contribution in [3.63, 3.8) is 0 Å². The van der Waals surface area contributed by atoms with Gasteiger partial charge in [-0.2, -0.15) is 0 Å². The first-order valence-electron chi connectivity index (χ1n) is 6.69. The Morgan fingerprint density at radius 2 is 2.00 bits per heavy atom. The summed E-state index contributed by atoms with van der Waals surface area (Å²) in [7, 11) is 2.11. The van der Waals surface area contributed by atoms with Crippen molar-refractivity contribution >= 4 is 6.09 Å². The number of carbonyl (C=O) groups excluding carboxylic acids is 1. The lowest BCUT2D eigenvalue weighted by atomic mass is 9.96.